The average molecular weight is 271 g/mol. The van der Waals surface area contributed by atoms with Crippen molar-refractivity contribution in [1.82, 2.24) is 9.97 Å². The largest absolute Gasteiger partial charge is 0.319 e. The number of alkyl halides is 1. The van der Waals surface area contributed by atoms with Crippen molar-refractivity contribution in [3.05, 3.63) is 39.6 Å². The molecule has 0 aliphatic rings. The van der Waals surface area contributed by atoms with E-state index in [1.807, 2.05) is 0 Å². The number of aromatic nitrogens is 2. The van der Waals surface area contributed by atoms with Gasteiger partial charge in [0.25, 0.3) is 5.56 Å². The monoisotopic (exact) mass is 270 g/mol. The molecule has 0 radical (unpaired) electrons. The Labute approximate surface area is 93.5 Å². The summed E-state index contributed by atoms with van der Waals surface area (Å²) in [5.74, 6) is -0.415. The van der Waals surface area contributed by atoms with E-state index in [0.29, 0.717) is 10.8 Å². The Hall–Kier alpha value is -1.23. The number of benzene rings is 1. The number of nitrogens with one attached hydrogen (secondary N) is 1. The molecule has 78 valence electrons. The Bertz CT molecular complexity index is 579. The summed E-state index contributed by atoms with van der Waals surface area (Å²) in [6.07, 6.45) is 0. The van der Waals surface area contributed by atoms with E-state index in [0.717, 1.165) is 5.56 Å². The van der Waals surface area contributed by atoms with Crippen molar-refractivity contribution in [3.63, 3.8) is 0 Å². The van der Waals surface area contributed by atoms with Crippen LogP contribution in [0, 0.1) is 12.7 Å². The summed E-state index contributed by atoms with van der Waals surface area (Å²) in [6.45, 7) is 1.55. The summed E-state index contributed by atoms with van der Waals surface area (Å²) in [4.78, 5) is 17.8. The van der Waals surface area contributed by atoms with E-state index in [2.05, 4.69) is 25.9 Å². The van der Waals surface area contributed by atoms with Gasteiger partial charge in [-0.3, -0.25) is 4.79 Å². The second-order valence-electron chi connectivity index (χ2n) is 3.26. The zero-order valence-corrected chi connectivity index (χ0v) is 9.56. The van der Waals surface area contributed by atoms with Gasteiger partial charge in [-0.15, -0.1) is 0 Å². The molecule has 5 heteroatoms. The van der Waals surface area contributed by atoms with Gasteiger partial charge in [0.05, 0.1) is 5.52 Å². The van der Waals surface area contributed by atoms with E-state index in [-0.39, 0.29) is 16.8 Å². The first-order chi connectivity index (χ1) is 7.11. The van der Waals surface area contributed by atoms with Crippen LogP contribution in [0.5, 0.6) is 0 Å². The van der Waals surface area contributed by atoms with Crippen LogP contribution in [0.25, 0.3) is 11.0 Å². The Morgan fingerprint density at radius 2 is 2.27 bits per heavy atom. The molecule has 15 heavy (non-hydrogen) atoms. The molecule has 0 amide bonds. The Balaban J connectivity index is 2.86. The standard InChI is InChI=1S/C10H8BrFN2O/c1-5-10(15)14-8-3-6(4-11)2-7(12)9(8)13-5/h2-3H,4H2,1H3,(H,14,15). The van der Waals surface area contributed by atoms with Crippen molar-refractivity contribution in [2.24, 2.45) is 0 Å². The maximum atomic E-state index is 13.5. The minimum Gasteiger partial charge on any atom is -0.319 e. The van der Waals surface area contributed by atoms with E-state index in [9.17, 15) is 9.18 Å². The summed E-state index contributed by atoms with van der Waals surface area (Å²) in [5, 5.41) is 0.537. The molecule has 0 spiro atoms. The predicted molar refractivity (Wildman–Crippen MR) is 59.7 cm³/mol. The third kappa shape index (κ3) is 1.79. The Morgan fingerprint density at radius 3 is 2.93 bits per heavy atom. The first kappa shape index (κ1) is 10.3. The lowest BCUT2D eigenvalue weighted by Gasteiger charge is -2.02. The quantitative estimate of drug-likeness (QED) is 0.809. The number of rotatable bonds is 1. The summed E-state index contributed by atoms with van der Waals surface area (Å²) in [7, 11) is 0. The SMILES string of the molecule is Cc1nc2c(F)cc(CBr)cc2[nH]c1=O. The average Bonchev–Trinajstić information content (AvgIpc) is 2.21. The molecule has 0 saturated carbocycles. The fourth-order valence-corrected chi connectivity index (χ4v) is 1.70. The molecule has 0 aliphatic heterocycles. The highest BCUT2D eigenvalue weighted by Crippen LogP contribution is 2.17. The Morgan fingerprint density at radius 1 is 1.53 bits per heavy atom. The number of aryl methyl sites for hydroxylation is 1. The van der Waals surface area contributed by atoms with Crippen molar-refractivity contribution in [2.45, 2.75) is 12.3 Å². The maximum absolute atomic E-state index is 13.5. The van der Waals surface area contributed by atoms with E-state index in [4.69, 9.17) is 0 Å². The normalized spacial score (nSPS) is 10.9. The Kier molecular flexibility index (Phi) is 2.56. The third-order valence-electron chi connectivity index (χ3n) is 2.13. The molecule has 0 saturated heterocycles. The molecular weight excluding hydrogens is 263 g/mol. The fourth-order valence-electron chi connectivity index (χ4n) is 1.37. The van der Waals surface area contributed by atoms with Crippen LogP contribution in [0.3, 0.4) is 0 Å². The van der Waals surface area contributed by atoms with Gasteiger partial charge in [-0.25, -0.2) is 9.37 Å². The molecule has 0 unspecified atom stereocenters. The molecule has 3 nitrogen and oxygen atoms in total. The van der Waals surface area contributed by atoms with E-state index in [1.54, 1.807) is 13.0 Å². The van der Waals surface area contributed by atoms with Gasteiger partial charge in [-0.05, 0) is 24.6 Å². The van der Waals surface area contributed by atoms with Crippen molar-refractivity contribution in [3.8, 4) is 0 Å². The summed E-state index contributed by atoms with van der Waals surface area (Å²) < 4.78 is 13.5. The molecule has 1 aromatic carbocycles. The van der Waals surface area contributed by atoms with Crippen molar-refractivity contribution in [1.29, 1.82) is 0 Å². The van der Waals surface area contributed by atoms with Gasteiger partial charge >= 0.3 is 0 Å². The van der Waals surface area contributed by atoms with Gasteiger partial charge in [-0.2, -0.15) is 0 Å². The predicted octanol–water partition coefficient (Wildman–Crippen LogP) is 2.27. The molecule has 1 aromatic heterocycles. The minimum absolute atomic E-state index is 0.205. The summed E-state index contributed by atoms with van der Waals surface area (Å²) >= 11 is 3.23. The van der Waals surface area contributed by atoms with Crippen LogP contribution in [0.1, 0.15) is 11.3 Å². The zero-order valence-electron chi connectivity index (χ0n) is 7.97. The van der Waals surface area contributed by atoms with Crippen LogP contribution in [0.2, 0.25) is 0 Å². The van der Waals surface area contributed by atoms with Crippen molar-refractivity contribution in [2.75, 3.05) is 0 Å². The lowest BCUT2D eigenvalue weighted by molar-refractivity contribution is 0.634. The van der Waals surface area contributed by atoms with Crippen LogP contribution in [-0.2, 0) is 5.33 Å². The highest BCUT2D eigenvalue weighted by atomic mass is 79.9. The maximum Gasteiger partial charge on any atom is 0.269 e. The molecule has 0 fully saturated rings. The number of halogens is 2. The van der Waals surface area contributed by atoms with Crippen molar-refractivity contribution < 1.29 is 4.39 Å². The van der Waals surface area contributed by atoms with Crippen LogP contribution in [0.15, 0.2) is 16.9 Å². The summed E-state index contributed by atoms with van der Waals surface area (Å²) in [6, 6.07) is 3.11. The topological polar surface area (TPSA) is 45.8 Å². The molecular formula is C10H8BrFN2O. The van der Waals surface area contributed by atoms with Gasteiger partial charge in [0, 0.05) is 5.33 Å². The van der Waals surface area contributed by atoms with Gasteiger partial charge in [0.1, 0.15) is 11.2 Å². The van der Waals surface area contributed by atoms with Gasteiger partial charge in [0.2, 0.25) is 0 Å². The van der Waals surface area contributed by atoms with Gasteiger partial charge in [-0.1, -0.05) is 15.9 Å². The molecule has 0 aliphatic carbocycles. The summed E-state index contributed by atoms with van der Waals surface area (Å²) in [5.41, 5.74) is 1.39. The van der Waals surface area contributed by atoms with Crippen LogP contribution in [0.4, 0.5) is 4.39 Å². The second-order valence-corrected chi connectivity index (χ2v) is 3.82. The number of H-pyrrole nitrogens is 1. The molecule has 0 bridgehead atoms. The number of hydrogen-bond acceptors (Lipinski definition) is 2. The fraction of sp³-hybridized carbons (Fsp3) is 0.200. The lowest BCUT2D eigenvalue weighted by Crippen LogP contribution is -2.12. The lowest BCUT2D eigenvalue weighted by atomic mass is 10.2. The zero-order chi connectivity index (χ0) is 11.0. The van der Waals surface area contributed by atoms with Gasteiger partial charge < -0.3 is 4.98 Å². The first-order valence-electron chi connectivity index (χ1n) is 4.37. The van der Waals surface area contributed by atoms with Crippen LogP contribution < -0.4 is 5.56 Å². The molecule has 2 rings (SSSR count). The van der Waals surface area contributed by atoms with Crippen LogP contribution in [-0.4, -0.2) is 9.97 Å². The third-order valence-corrected chi connectivity index (χ3v) is 2.78. The minimum atomic E-state index is -0.415. The van der Waals surface area contributed by atoms with E-state index in [1.165, 1.54) is 6.07 Å². The number of nitrogens with zero attached hydrogens (tertiary/aromatic N) is 1. The second kappa shape index (κ2) is 3.73. The molecule has 1 N–H and O–H groups in total. The highest BCUT2D eigenvalue weighted by molar-refractivity contribution is 9.08. The number of fused-ring (bicyclic) bond motifs is 1. The van der Waals surface area contributed by atoms with E-state index < -0.39 is 5.82 Å². The smallest absolute Gasteiger partial charge is 0.269 e. The number of aromatic amines is 1. The highest BCUT2D eigenvalue weighted by Gasteiger charge is 2.07. The molecule has 0 atom stereocenters. The molecule has 1 heterocycles. The van der Waals surface area contributed by atoms with Crippen molar-refractivity contribution >= 4 is 27.0 Å². The van der Waals surface area contributed by atoms with Crippen LogP contribution >= 0.6 is 15.9 Å². The molecule has 2 aromatic rings. The number of hydrogen-bond donors (Lipinski definition) is 1. The first-order valence-corrected chi connectivity index (χ1v) is 5.49. The van der Waals surface area contributed by atoms with Gasteiger partial charge in [0.15, 0.2) is 5.82 Å². The van der Waals surface area contributed by atoms with E-state index >= 15 is 0 Å².